The molecule has 0 saturated heterocycles. The van der Waals surface area contributed by atoms with Crippen molar-refractivity contribution >= 4 is 23.2 Å². The molecule has 0 radical (unpaired) electrons. The SMILES string of the molecule is Cc1cc(-c2cc(NC(=O)c3cncc(C#N)c3)cnc2OCC(F)(F)F)ccc1Cl. The van der Waals surface area contributed by atoms with Gasteiger partial charge in [-0.05, 0) is 42.3 Å². The Kier molecular flexibility index (Phi) is 6.42. The van der Waals surface area contributed by atoms with E-state index in [4.69, 9.17) is 21.6 Å². The highest BCUT2D eigenvalue weighted by molar-refractivity contribution is 6.31. The van der Waals surface area contributed by atoms with Crippen molar-refractivity contribution in [3.05, 3.63) is 70.6 Å². The summed E-state index contributed by atoms with van der Waals surface area (Å²) in [5.41, 5.74) is 2.02. The minimum Gasteiger partial charge on any atom is -0.468 e. The summed E-state index contributed by atoms with van der Waals surface area (Å²) in [7, 11) is 0. The van der Waals surface area contributed by atoms with Gasteiger partial charge in [0.1, 0.15) is 6.07 Å². The fourth-order valence-corrected chi connectivity index (χ4v) is 2.75. The zero-order valence-corrected chi connectivity index (χ0v) is 16.8. The molecule has 2 aromatic heterocycles. The van der Waals surface area contributed by atoms with Crippen LogP contribution in [-0.2, 0) is 0 Å². The third-order valence-electron chi connectivity index (χ3n) is 4.08. The van der Waals surface area contributed by atoms with Crippen molar-refractivity contribution in [2.75, 3.05) is 11.9 Å². The molecule has 1 aromatic carbocycles. The Labute approximate surface area is 180 Å². The molecular weight excluding hydrogens is 433 g/mol. The van der Waals surface area contributed by atoms with E-state index in [0.29, 0.717) is 16.1 Å². The van der Waals surface area contributed by atoms with Gasteiger partial charge in [0.2, 0.25) is 5.88 Å². The van der Waals surface area contributed by atoms with E-state index in [0.717, 1.165) is 0 Å². The minimum absolute atomic E-state index is 0.139. The summed E-state index contributed by atoms with van der Waals surface area (Å²) in [5, 5.41) is 12.0. The molecule has 31 heavy (non-hydrogen) atoms. The largest absolute Gasteiger partial charge is 0.468 e. The van der Waals surface area contributed by atoms with Crippen LogP contribution < -0.4 is 10.1 Å². The smallest absolute Gasteiger partial charge is 0.422 e. The Morgan fingerprint density at radius 1 is 1.23 bits per heavy atom. The number of anilines is 1. The van der Waals surface area contributed by atoms with Crippen LogP contribution in [0.15, 0.2) is 48.9 Å². The second-order valence-electron chi connectivity index (χ2n) is 6.47. The van der Waals surface area contributed by atoms with Crippen LogP contribution in [-0.4, -0.2) is 28.7 Å². The van der Waals surface area contributed by atoms with Gasteiger partial charge in [-0.25, -0.2) is 4.98 Å². The van der Waals surface area contributed by atoms with E-state index >= 15 is 0 Å². The lowest BCUT2D eigenvalue weighted by Crippen LogP contribution is -2.20. The van der Waals surface area contributed by atoms with Crippen molar-refractivity contribution in [2.45, 2.75) is 13.1 Å². The topological polar surface area (TPSA) is 87.9 Å². The average Bonchev–Trinajstić information content (AvgIpc) is 2.74. The van der Waals surface area contributed by atoms with Crippen LogP contribution in [0, 0.1) is 18.3 Å². The van der Waals surface area contributed by atoms with Gasteiger partial charge in [-0.2, -0.15) is 18.4 Å². The van der Waals surface area contributed by atoms with Gasteiger partial charge in [-0.15, -0.1) is 0 Å². The van der Waals surface area contributed by atoms with Gasteiger partial charge in [-0.1, -0.05) is 17.7 Å². The molecule has 1 amide bonds. The third-order valence-corrected chi connectivity index (χ3v) is 4.50. The molecule has 0 fully saturated rings. The number of alkyl halides is 3. The summed E-state index contributed by atoms with van der Waals surface area (Å²) in [4.78, 5) is 20.3. The number of hydrogen-bond acceptors (Lipinski definition) is 5. The number of hydrogen-bond donors (Lipinski definition) is 1. The molecule has 10 heteroatoms. The summed E-state index contributed by atoms with van der Waals surface area (Å²) >= 11 is 6.04. The second-order valence-corrected chi connectivity index (χ2v) is 6.88. The van der Waals surface area contributed by atoms with Crippen molar-refractivity contribution in [2.24, 2.45) is 0 Å². The fraction of sp³-hybridized carbons (Fsp3) is 0.143. The lowest BCUT2D eigenvalue weighted by Gasteiger charge is -2.15. The van der Waals surface area contributed by atoms with Crippen molar-refractivity contribution in [3.8, 4) is 23.1 Å². The number of carbonyl (C=O) groups is 1. The predicted octanol–water partition coefficient (Wildman–Crippen LogP) is 5.17. The van der Waals surface area contributed by atoms with E-state index in [1.165, 1.54) is 30.7 Å². The first kappa shape index (κ1) is 22.1. The number of rotatable bonds is 5. The van der Waals surface area contributed by atoms with Gasteiger partial charge in [0.15, 0.2) is 6.61 Å². The average molecular weight is 447 g/mol. The van der Waals surface area contributed by atoms with E-state index in [1.807, 2.05) is 6.07 Å². The Balaban J connectivity index is 1.95. The van der Waals surface area contributed by atoms with Crippen molar-refractivity contribution in [1.29, 1.82) is 5.26 Å². The lowest BCUT2D eigenvalue weighted by molar-refractivity contribution is -0.154. The van der Waals surface area contributed by atoms with Gasteiger partial charge in [-0.3, -0.25) is 9.78 Å². The Morgan fingerprint density at radius 3 is 2.68 bits per heavy atom. The molecule has 158 valence electrons. The van der Waals surface area contributed by atoms with Crippen LogP contribution >= 0.6 is 11.6 Å². The molecular formula is C21H14ClF3N4O2. The molecule has 0 saturated carbocycles. The number of ether oxygens (including phenoxy) is 1. The third kappa shape index (κ3) is 5.71. The molecule has 2 heterocycles. The maximum atomic E-state index is 12.6. The first-order chi connectivity index (χ1) is 14.7. The normalized spacial score (nSPS) is 11.0. The fourth-order valence-electron chi connectivity index (χ4n) is 2.63. The Hall–Kier alpha value is -3.64. The molecule has 0 bridgehead atoms. The number of aryl methyl sites for hydroxylation is 1. The van der Waals surface area contributed by atoms with Crippen LogP contribution in [0.1, 0.15) is 21.5 Å². The monoisotopic (exact) mass is 446 g/mol. The molecule has 6 nitrogen and oxygen atoms in total. The summed E-state index contributed by atoms with van der Waals surface area (Å²) in [6, 6.07) is 9.58. The summed E-state index contributed by atoms with van der Waals surface area (Å²) in [5.74, 6) is -0.807. The Morgan fingerprint density at radius 2 is 2.00 bits per heavy atom. The molecule has 0 aliphatic rings. The number of nitrogens with zero attached hydrogens (tertiary/aromatic N) is 3. The maximum absolute atomic E-state index is 12.6. The van der Waals surface area contributed by atoms with E-state index < -0.39 is 18.7 Å². The Bertz CT molecular complexity index is 1180. The van der Waals surface area contributed by atoms with E-state index in [-0.39, 0.29) is 28.3 Å². The van der Waals surface area contributed by atoms with Crippen LogP contribution in [0.25, 0.3) is 11.1 Å². The van der Waals surface area contributed by atoms with Gasteiger partial charge in [0, 0.05) is 23.0 Å². The predicted molar refractivity (Wildman–Crippen MR) is 108 cm³/mol. The molecule has 3 aromatic rings. The highest BCUT2D eigenvalue weighted by atomic mass is 35.5. The second kappa shape index (κ2) is 9.02. The number of amides is 1. The van der Waals surface area contributed by atoms with Crippen LogP contribution in [0.4, 0.5) is 18.9 Å². The molecule has 3 rings (SSSR count). The number of nitrogens with one attached hydrogen (secondary N) is 1. The van der Waals surface area contributed by atoms with E-state index in [2.05, 4.69) is 15.3 Å². The van der Waals surface area contributed by atoms with Gasteiger partial charge in [0.25, 0.3) is 5.91 Å². The van der Waals surface area contributed by atoms with Crippen LogP contribution in [0.5, 0.6) is 5.88 Å². The zero-order valence-electron chi connectivity index (χ0n) is 16.0. The van der Waals surface area contributed by atoms with Gasteiger partial charge >= 0.3 is 6.18 Å². The molecule has 0 unspecified atom stereocenters. The van der Waals surface area contributed by atoms with Crippen molar-refractivity contribution < 1.29 is 22.7 Å². The molecule has 1 N–H and O–H groups in total. The maximum Gasteiger partial charge on any atom is 0.422 e. The van der Waals surface area contributed by atoms with Crippen molar-refractivity contribution in [3.63, 3.8) is 0 Å². The number of pyridine rings is 2. The van der Waals surface area contributed by atoms with Crippen LogP contribution in [0.3, 0.4) is 0 Å². The highest BCUT2D eigenvalue weighted by Gasteiger charge is 2.29. The summed E-state index contributed by atoms with van der Waals surface area (Å²) < 4.78 is 42.8. The number of carbonyl (C=O) groups excluding carboxylic acids is 1. The number of aromatic nitrogens is 2. The molecule has 0 spiro atoms. The van der Waals surface area contributed by atoms with Crippen LogP contribution in [0.2, 0.25) is 5.02 Å². The van der Waals surface area contributed by atoms with Gasteiger partial charge < -0.3 is 10.1 Å². The number of nitriles is 1. The zero-order chi connectivity index (χ0) is 22.6. The first-order valence-electron chi connectivity index (χ1n) is 8.79. The lowest BCUT2D eigenvalue weighted by atomic mass is 10.0. The quantitative estimate of drug-likeness (QED) is 0.584. The van der Waals surface area contributed by atoms with E-state index in [9.17, 15) is 18.0 Å². The van der Waals surface area contributed by atoms with Crippen molar-refractivity contribution in [1.82, 2.24) is 9.97 Å². The number of halogens is 4. The highest BCUT2D eigenvalue weighted by Crippen LogP contribution is 2.33. The molecule has 0 atom stereocenters. The summed E-state index contributed by atoms with van der Waals surface area (Å²) in [6.45, 7) is 0.230. The summed E-state index contributed by atoms with van der Waals surface area (Å²) in [6.07, 6.45) is -0.766. The van der Waals surface area contributed by atoms with E-state index in [1.54, 1.807) is 25.1 Å². The first-order valence-corrected chi connectivity index (χ1v) is 9.16. The number of benzene rings is 1. The minimum atomic E-state index is -4.54. The standard InChI is InChI=1S/C21H14ClF3N4O2/c1-12-4-14(2-3-18(12)22)17-6-16(10-28-20(17)31-11-21(23,24)25)29-19(30)15-5-13(7-26)8-27-9-15/h2-6,8-10H,11H2,1H3,(H,29,30). The molecule has 0 aliphatic carbocycles. The molecule has 0 aliphatic heterocycles. The van der Waals surface area contributed by atoms with Gasteiger partial charge in [0.05, 0.1) is 23.0 Å².